The van der Waals surface area contributed by atoms with Crippen molar-refractivity contribution in [3.05, 3.63) is 63.4 Å². The smallest absolute Gasteiger partial charge is 0.420 e. The van der Waals surface area contributed by atoms with Gasteiger partial charge in [-0.05, 0) is 43.7 Å². The number of para-hydroxylation sites is 2. The number of hydrogen-bond donors (Lipinski definition) is 0. The van der Waals surface area contributed by atoms with Crippen LogP contribution in [0.5, 0.6) is 0 Å². The quantitative estimate of drug-likeness (QED) is 0.458. The van der Waals surface area contributed by atoms with Crippen LogP contribution in [0.25, 0.3) is 21.3 Å². The third-order valence-electron chi connectivity index (χ3n) is 4.52. The van der Waals surface area contributed by atoms with Crippen LogP contribution in [0.15, 0.2) is 56.7 Å². The number of nitrogens with zero attached hydrogens (tertiary/aromatic N) is 3. The van der Waals surface area contributed by atoms with Gasteiger partial charge in [-0.15, -0.1) is 0 Å². The third kappa shape index (κ3) is 3.84. The molecule has 0 aliphatic rings. The number of rotatable bonds is 5. The number of oxazole rings is 1. The van der Waals surface area contributed by atoms with Crippen molar-refractivity contribution in [2.24, 2.45) is 4.99 Å². The fraction of sp³-hybridized carbons (Fsp3) is 0.238. The molecule has 0 atom stereocenters. The van der Waals surface area contributed by atoms with Crippen LogP contribution in [0.4, 0.5) is 0 Å². The van der Waals surface area contributed by atoms with E-state index in [1.54, 1.807) is 35.8 Å². The first-order chi connectivity index (χ1) is 14.5. The summed E-state index contributed by atoms with van der Waals surface area (Å²) in [5.41, 5.74) is 2.78. The van der Waals surface area contributed by atoms with Gasteiger partial charge in [0.05, 0.1) is 22.3 Å². The zero-order valence-electron chi connectivity index (χ0n) is 16.5. The van der Waals surface area contributed by atoms with Crippen LogP contribution < -0.4 is 10.6 Å². The number of amides is 1. The highest BCUT2D eigenvalue weighted by atomic mass is 32.1. The molecule has 0 bridgehead atoms. The number of carbonyl (C=O) groups is 2. The van der Waals surface area contributed by atoms with Crippen molar-refractivity contribution in [3.63, 3.8) is 0 Å². The van der Waals surface area contributed by atoms with Crippen LogP contribution in [0, 0.1) is 6.92 Å². The Morgan fingerprint density at radius 2 is 1.90 bits per heavy atom. The topological polar surface area (TPSA) is 95.8 Å². The van der Waals surface area contributed by atoms with E-state index in [1.165, 1.54) is 15.9 Å². The Balaban J connectivity index is 1.75. The molecule has 0 spiro atoms. The highest BCUT2D eigenvalue weighted by Gasteiger charge is 2.15. The molecule has 0 fully saturated rings. The van der Waals surface area contributed by atoms with Crippen molar-refractivity contribution in [2.45, 2.75) is 26.9 Å². The van der Waals surface area contributed by atoms with E-state index in [2.05, 4.69) is 4.99 Å². The van der Waals surface area contributed by atoms with Gasteiger partial charge in [0.2, 0.25) is 0 Å². The molecule has 0 radical (unpaired) electrons. The Morgan fingerprint density at radius 3 is 2.70 bits per heavy atom. The minimum absolute atomic E-state index is 0.0579. The molecular weight excluding hydrogens is 406 g/mol. The van der Waals surface area contributed by atoms with E-state index in [4.69, 9.17) is 9.15 Å². The Kier molecular flexibility index (Phi) is 5.37. The van der Waals surface area contributed by atoms with E-state index in [1.807, 2.05) is 25.1 Å². The number of ether oxygens (including phenoxy) is 1. The van der Waals surface area contributed by atoms with Gasteiger partial charge in [0, 0.05) is 0 Å². The lowest BCUT2D eigenvalue weighted by Gasteiger charge is -2.05. The molecule has 0 saturated carbocycles. The maximum absolute atomic E-state index is 12.7. The number of aryl methyl sites for hydroxylation is 1. The van der Waals surface area contributed by atoms with Crippen LogP contribution in [-0.4, -0.2) is 27.6 Å². The van der Waals surface area contributed by atoms with Gasteiger partial charge in [-0.2, -0.15) is 4.99 Å². The van der Waals surface area contributed by atoms with E-state index in [0.29, 0.717) is 15.9 Å². The average molecular weight is 425 g/mol. The summed E-state index contributed by atoms with van der Waals surface area (Å²) in [7, 11) is 0. The van der Waals surface area contributed by atoms with Gasteiger partial charge in [0.15, 0.2) is 10.4 Å². The maximum Gasteiger partial charge on any atom is 0.420 e. The summed E-state index contributed by atoms with van der Waals surface area (Å²) >= 11 is 1.30. The summed E-state index contributed by atoms with van der Waals surface area (Å²) in [5, 5.41) is 0. The first-order valence-electron chi connectivity index (χ1n) is 9.38. The standard InChI is InChI=1S/C21H19N3O5S/c1-3-28-19(26)12-23-15-9-8-13(2)10-17(15)30-20(23)22-18(25)11-24-14-6-4-5-7-16(14)29-21(24)27/h4-10H,3,11-12H2,1-2H3. The van der Waals surface area contributed by atoms with Gasteiger partial charge >= 0.3 is 11.7 Å². The van der Waals surface area contributed by atoms with Crippen molar-refractivity contribution in [1.82, 2.24) is 9.13 Å². The van der Waals surface area contributed by atoms with Crippen molar-refractivity contribution >= 4 is 44.5 Å². The fourth-order valence-electron chi connectivity index (χ4n) is 3.20. The Hall–Kier alpha value is -3.46. The van der Waals surface area contributed by atoms with Crippen LogP contribution in [0.3, 0.4) is 0 Å². The van der Waals surface area contributed by atoms with Crippen molar-refractivity contribution in [1.29, 1.82) is 0 Å². The number of aromatic nitrogens is 2. The molecule has 9 heteroatoms. The molecule has 2 aromatic carbocycles. The molecule has 0 N–H and O–H groups in total. The minimum Gasteiger partial charge on any atom is -0.465 e. The average Bonchev–Trinajstić information content (AvgIpc) is 3.19. The lowest BCUT2D eigenvalue weighted by atomic mass is 10.2. The first-order valence-corrected chi connectivity index (χ1v) is 10.2. The molecular formula is C21H19N3O5S. The monoisotopic (exact) mass is 425 g/mol. The van der Waals surface area contributed by atoms with Gasteiger partial charge in [-0.1, -0.05) is 29.5 Å². The zero-order valence-corrected chi connectivity index (χ0v) is 17.3. The molecule has 0 aliphatic carbocycles. The largest absolute Gasteiger partial charge is 0.465 e. The Bertz CT molecular complexity index is 1390. The second-order valence-electron chi connectivity index (χ2n) is 6.67. The summed E-state index contributed by atoms with van der Waals surface area (Å²) in [4.78, 5) is 41.5. The minimum atomic E-state index is -0.619. The molecule has 0 saturated heterocycles. The summed E-state index contributed by atoms with van der Waals surface area (Å²) in [5.74, 6) is -1.56. The second kappa shape index (κ2) is 8.11. The van der Waals surface area contributed by atoms with Gasteiger partial charge in [0.1, 0.15) is 13.1 Å². The summed E-state index contributed by atoms with van der Waals surface area (Å²) < 4.78 is 14.0. The summed E-state index contributed by atoms with van der Waals surface area (Å²) in [6.45, 7) is 3.65. The molecule has 0 unspecified atom stereocenters. The highest BCUT2D eigenvalue weighted by Crippen LogP contribution is 2.19. The van der Waals surface area contributed by atoms with Crippen LogP contribution in [-0.2, 0) is 27.4 Å². The second-order valence-corrected chi connectivity index (χ2v) is 7.68. The zero-order chi connectivity index (χ0) is 21.3. The third-order valence-corrected chi connectivity index (χ3v) is 5.56. The van der Waals surface area contributed by atoms with E-state index in [0.717, 1.165) is 15.8 Å². The predicted octanol–water partition coefficient (Wildman–Crippen LogP) is 2.61. The van der Waals surface area contributed by atoms with E-state index >= 15 is 0 Å². The van der Waals surface area contributed by atoms with Gasteiger partial charge < -0.3 is 13.7 Å². The fourth-order valence-corrected chi connectivity index (χ4v) is 4.34. The highest BCUT2D eigenvalue weighted by molar-refractivity contribution is 7.16. The molecule has 2 aromatic heterocycles. The SMILES string of the molecule is CCOC(=O)Cn1c(=NC(=O)Cn2c(=O)oc3ccccc32)sc2cc(C)ccc21. The van der Waals surface area contributed by atoms with Crippen LogP contribution in [0.1, 0.15) is 12.5 Å². The summed E-state index contributed by atoms with van der Waals surface area (Å²) in [6, 6.07) is 12.7. The Morgan fingerprint density at radius 1 is 1.10 bits per heavy atom. The first kappa shape index (κ1) is 19.8. The van der Waals surface area contributed by atoms with Crippen molar-refractivity contribution < 1.29 is 18.7 Å². The predicted molar refractivity (Wildman–Crippen MR) is 112 cm³/mol. The molecule has 2 heterocycles. The van der Waals surface area contributed by atoms with Gasteiger partial charge in [-0.3, -0.25) is 14.2 Å². The number of esters is 1. The maximum atomic E-state index is 12.7. The lowest BCUT2D eigenvalue weighted by molar-refractivity contribution is -0.143. The van der Waals surface area contributed by atoms with E-state index < -0.39 is 17.6 Å². The van der Waals surface area contributed by atoms with E-state index in [9.17, 15) is 14.4 Å². The van der Waals surface area contributed by atoms with Crippen LogP contribution >= 0.6 is 11.3 Å². The van der Waals surface area contributed by atoms with Crippen molar-refractivity contribution in [2.75, 3.05) is 6.61 Å². The number of hydrogen-bond acceptors (Lipinski definition) is 6. The molecule has 4 aromatic rings. The van der Waals surface area contributed by atoms with Gasteiger partial charge in [0.25, 0.3) is 5.91 Å². The van der Waals surface area contributed by atoms with E-state index in [-0.39, 0.29) is 19.7 Å². The molecule has 4 rings (SSSR count). The number of carbonyl (C=O) groups excluding carboxylic acids is 2. The summed E-state index contributed by atoms with van der Waals surface area (Å²) in [6.07, 6.45) is 0. The molecule has 0 aliphatic heterocycles. The molecule has 1 amide bonds. The lowest BCUT2D eigenvalue weighted by Crippen LogP contribution is -2.25. The van der Waals surface area contributed by atoms with Crippen molar-refractivity contribution in [3.8, 4) is 0 Å². The number of fused-ring (bicyclic) bond motifs is 2. The number of thiazole rings is 1. The molecule has 8 nitrogen and oxygen atoms in total. The number of benzene rings is 2. The van der Waals surface area contributed by atoms with Crippen LogP contribution in [0.2, 0.25) is 0 Å². The Labute approximate surface area is 174 Å². The molecule has 30 heavy (non-hydrogen) atoms. The normalized spacial score (nSPS) is 12.0. The molecule has 154 valence electrons. The van der Waals surface area contributed by atoms with Gasteiger partial charge in [-0.25, -0.2) is 4.79 Å².